The van der Waals surface area contributed by atoms with Gasteiger partial charge in [-0.3, -0.25) is 4.55 Å². The Kier molecular flexibility index (Phi) is 17.8. The van der Waals surface area contributed by atoms with Crippen LogP contribution in [0, 0.1) is 29.1 Å². The Labute approximate surface area is 241 Å². The van der Waals surface area contributed by atoms with Crippen LogP contribution in [0.3, 0.4) is 0 Å². The van der Waals surface area contributed by atoms with E-state index in [2.05, 4.69) is 41.5 Å². The summed E-state index contributed by atoms with van der Waals surface area (Å²) in [6.45, 7) is 18.1. The molecule has 39 heavy (non-hydrogen) atoms. The Balaban J connectivity index is 2.17. The van der Waals surface area contributed by atoms with Gasteiger partial charge in [0.05, 0.1) is 18.5 Å². The third kappa shape index (κ3) is 13.5. The van der Waals surface area contributed by atoms with Crippen molar-refractivity contribution in [1.82, 2.24) is 0 Å². The van der Waals surface area contributed by atoms with E-state index >= 15 is 0 Å². The Morgan fingerprint density at radius 2 is 1.23 bits per heavy atom. The summed E-state index contributed by atoms with van der Waals surface area (Å²) >= 11 is 0. The predicted octanol–water partition coefficient (Wildman–Crippen LogP) is 8.97. The minimum absolute atomic E-state index is 0.265. The lowest BCUT2D eigenvalue weighted by molar-refractivity contribution is 0.0356. The second-order valence-electron chi connectivity index (χ2n) is 12.5. The van der Waals surface area contributed by atoms with Crippen molar-refractivity contribution in [3.8, 4) is 0 Å². The molecule has 1 rings (SSSR count). The molecule has 1 N–H and O–H groups in total. The van der Waals surface area contributed by atoms with Crippen LogP contribution in [0.1, 0.15) is 118 Å². The first kappa shape index (κ1) is 36.1. The van der Waals surface area contributed by atoms with Crippen molar-refractivity contribution in [3.63, 3.8) is 0 Å². The molecule has 2 atom stereocenters. The van der Waals surface area contributed by atoms with Gasteiger partial charge in [-0.05, 0) is 61.3 Å². The van der Waals surface area contributed by atoms with Gasteiger partial charge < -0.3 is 9.47 Å². The molecular formula is C33H60O5S. The molecule has 5 nitrogen and oxygen atoms in total. The monoisotopic (exact) mass is 568 g/mol. The molecule has 0 amide bonds. The molecule has 1 aromatic carbocycles. The van der Waals surface area contributed by atoms with Crippen molar-refractivity contribution < 1.29 is 22.4 Å². The van der Waals surface area contributed by atoms with Crippen molar-refractivity contribution in [3.05, 3.63) is 35.9 Å². The van der Waals surface area contributed by atoms with Crippen LogP contribution in [0.15, 0.2) is 30.3 Å². The van der Waals surface area contributed by atoms with Gasteiger partial charge >= 0.3 is 0 Å². The lowest BCUT2D eigenvalue weighted by Crippen LogP contribution is -2.38. The van der Waals surface area contributed by atoms with E-state index in [9.17, 15) is 13.0 Å². The van der Waals surface area contributed by atoms with Crippen LogP contribution in [-0.2, 0) is 26.2 Å². The topological polar surface area (TPSA) is 72.8 Å². The number of unbranched alkanes of at least 4 members (excludes halogenated alkanes) is 6. The maximum absolute atomic E-state index is 11.7. The van der Waals surface area contributed by atoms with Crippen molar-refractivity contribution in [1.29, 1.82) is 0 Å². The SMILES string of the molecule is CC(C)C(CCCCCCCCCOCCCC(COCc1ccccc1)C(C)S(=O)(=O)O)(C(C)C)C(C)C. The Bertz CT molecular complexity index is 813. The van der Waals surface area contributed by atoms with E-state index in [1.54, 1.807) is 6.92 Å². The molecule has 0 aliphatic rings. The lowest BCUT2D eigenvalue weighted by atomic mass is 9.60. The maximum atomic E-state index is 11.7. The molecule has 0 aliphatic carbocycles. The Hall–Kier alpha value is -0.950. The molecule has 1 aromatic rings. The van der Waals surface area contributed by atoms with Gasteiger partial charge in [-0.25, -0.2) is 0 Å². The van der Waals surface area contributed by atoms with E-state index in [0.717, 1.165) is 42.8 Å². The summed E-state index contributed by atoms with van der Waals surface area (Å²) in [6.07, 6.45) is 11.6. The second kappa shape index (κ2) is 19.2. The van der Waals surface area contributed by atoms with Gasteiger partial charge in [-0.2, -0.15) is 8.42 Å². The fourth-order valence-electron chi connectivity index (χ4n) is 6.53. The molecule has 0 radical (unpaired) electrons. The van der Waals surface area contributed by atoms with Gasteiger partial charge in [0.2, 0.25) is 0 Å². The van der Waals surface area contributed by atoms with Crippen LogP contribution in [0.2, 0.25) is 0 Å². The highest BCUT2D eigenvalue weighted by molar-refractivity contribution is 7.86. The lowest BCUT2D eigenvalue weighted by Gasteiger charge is -2.45. The second-order valence-corrected chi connectivity index (χ2v) is 14.3. The van der Waals surface area contributed by atoms with Crippen LogP contribution in [0.25, 0.3) is 0 Å². The van der Waals surface area contributed by atoms with Crippen molar-refractivity contribution in [2.75, 3.05) is 19.8 Å². The van der Waals surface area contributed by atoms with E-state index in [1.165, 1.54) is 44.9 Å². The van der Waals surface area contributed by atoms with Gasteiger partial charge in [0, 0.05) is 19.1 Å². The van der Waals surface area contributed by atoms with E-state index in [1.807, 2.05) is 30.3 Å². The normalized spacial score (nSPS) is 14.4. The van der Waals surface area contributed by atoms with Crippen molar-refractivity contribution in [2.45, 2.75) is 125 Å². The molecule has 0 saturated heterocycles. The number of hydrogen-bond donors (Lipinski definition) is 1. The average Bonchev–Trinajstić information content (AvgIpc) is 2.86. The largest absolute Gasteiger partial charge is 0.381 e. The third-order valence-corrected chi connectivity index (χ3v) is 10.4. The molecule has 0 spiro atoms. The molecule has 0 saturated carbocycles. The first-order chi connectivity index (χ1) is 18.4. The first-order valence-corrected chi connectivity index (χ1v) is 17.1. The summed E-state index contributed by atoms with van der Waals surface area (Å²) < 4.78 is 44.6. The van der Waals surface area contributed by atoms with E-state index < -0.39 is 15.4 Å². The average molecular weight is 569 g/mol. The van der Waals surface area contributed by atoms with Crippen LogP contribution < -0.4 is 0 Å². The molecule has 0 heterocycles. The predicted molar refractivity (Wildman–Crippen MR) is 165 cm³/mol. The zero-order valence-corrected chi connectivity index (χ0v) is 27.0. The summed E-state index contributed by atoms with van der Waals surface area (Å²) in [6, 6.07) is 9.81. The van der Waals surface area contributed by atoms with Gasteiger partial charge in [-0.1, -0.05) is 110 Å². The smallest absolute Gasteiger partial charge is 0.267 e. The molecule has 0 bridgehead atoms. The summed E-state index contributed by atoms with van der Waals surface area (Å²) in [7, 11) is -4.10. The Morgan fingerprint density at radius 3 is 1.77 bits per heavy atom. The highest BCUT2D eigenvalue weighted by Crippen LogP contribution is 2.47. The highest BCUT2D eigenvalue weighted by Gasteiger charge is 2.39. The molecule has 0 aromatic heterocycles. The highest BCUT2D eigenvalue weighted by atomic mass is 32.2. The van der Waals surface area contributed by atoms with Crippen LogP contribution >= 0.6 is 0 Å². The number of ether oxygens (including phenoxy) is 2. The van der Waals surface area contributed by atoms with Crippen molar-refractivity contribution in [2.24, 2.45) is 29.1 Å². The van der Waals surface area contributed by atoms with E-state index in [-0.39, 0.29) is 5.92 Å². The maximum Gasteiger partial charge on any atom is 0.267 e. The van der Waals surface area contributed by atoms with E-state index in [4.69, 9.17) is 9.47 Å². The zero-order chi connectivity index (χ0) is 29.3. The first-order valence-electron chi connectivity index (χ1n) is 15.6. The zero-order valence-electron chi connectivity index (χ0n) is 26.2. The van der Waals surface area contributed by atoms with Crippen molar-refractivity contribution >= 4 is 10.1 Å². The van der Waals surface area contributed by atoms with E-state index in [0.29, 0.717) is 31.7 Å². The standard InChI is InChI=1S/C33H60O5S/c1-27(2)33(28(3)4,29(5)6)22-16-11-9-8-10-12-17-23-37-24-18-21-32(30(7)39(34,35)36)26-38-25-31-19-14-13-15-20-31/h13-15,19-20,27-30,32H,8-12,16-18,21-26H2,1-7H3,(H,34,35,36). The fourth-order valence-corrected chi connectivity index (χ4v) is 7.24. The number of hydrogen-bond acceptors (Lipinski definition) is 4. The van der Waals surface area contributed by atoms with Crippen LogP contribution in [-0.4, -0.2) is 38.0 Å². The summed E-state index contributed by atoms with van der Waals surface area (Å²) in [5.74, 6) is 1.91. The van der Waals surface area contributed by atoms with Gasteiger partial charge in [0.15, 0.2) is 0 Å². The van der Waals surface area contributed by atoms with Crippen LogP contribution in [0.4, 0.5) is 0 Å². The summed E-state index contributed by atoms with van der Waals surface area (Å²) in [4.78, 5) is 0. The summed E-state index contributed by atoms with van der Waals surface area (Å²) in [5, 5.41) is -0.856. The van der Waals surface area contributed by atoms with Gasteiger partial charge in [0.25, 0.3) is 10.1 Å². The third-order valence-electron chi connectivity index (χ3n) is 9.06. The molecule has 2 unspecified atom stereocenters. The molecule has 228 valence electrons. The molecule has 6 heteroatoms. The quantitative estimate of drug-likeness (QED) is 0.105. The number of benzene rings is 1. The number of rotatable bonds is 23. The molecule has 0 aliphatic heterocycles. The van der Waals surface area contributed by atoms with Gasteiger partial charge in [0.1, 0.15) is 0 Å². The minimum atomic E-state index is -4.10. The summed E-state index contributed by atoms with van der Waals surface area (Å²) in [5.41, 5.74) is 1.50. The van der Waals surface area contributed by atoms with Gasteiger partial charge in [-0.15, -0.1) is 0 Å². The Morgan fingerprint density at radius 1 is 0.718 bits per heavy atom. The molecule has 0 fully saturated rings. The molecular weight excluding hydrogens is 508 g/mol. The minimum Gasteiger partial charge on any atom is -0.381 e. The van der Waals surface area contributed by atoms with Crippen LogP contribution in [0.5, 0.6) is 0 Å². The fraction of sp³-hybridized carbons (Fsp3) is 0.818.